The molecule has 0 unspecified atom stereocenters. The lowest BCUT2D eigenvalue weighted by Crippen LogP contribution is -2.37. The third-order valence-corrected chi connectivity index (χ3v) is 7.83. The van der Waals surface area contributed by atoms with Crippen LogP contribution in [0.1, 0.15) is 31.2 Å². The molecule has 5 aromatic rings. The van der Waals surface area contributed by atoms with Gasteiger partial charge < -0.3 is 20.5 Å². The van der Waals surface area contributed by atoms with Crippen molar-refractivity contribution in [3.8, 4) is 11.3 Å². The van der Waals surface area contributed by atoms with Gasteiger partial charge >= 0.3 is 0 Å². The van der Waals surface area contributed by atoms with E-state index in [0.29, 0.717) is 12.1 Å². The number of rotatable bonds is 7. The van der Waals surface area contributed by atoms with Crippen molar-refractivity contribution < 1.29 is 0 Å². The summed E-state index contributed by atoms with van der Waals surface area (Å²) in [5.74, 6) is 1.67. The molecule has 38 heavy (non-hydrogen) atoms. The minimum Gasteiger partial charge on any atom is -0.362 e. The molecular weight excluding hydrogens is 492 g/mol. The number of benzene rings is 3. The Hall–Kier alpha value is -3.61. The van der Waals surface area contributed by atoms with Crippen molar-refractivity contribution in [2.45, 2.75) is 44.3 Å². The first-order valence-electron chi connectivity index (χ1n) is 13.3. The van der Waals surface area contributed by atoms with E-state index in [1.165, 1.54) is 10.9 Å². The average molecular weight is 525 g/mol. The molecule has 3 aromatic carbocycles. The van der Waals surface area contributed by atoms with E-state index in [2.05, 4.69) is 69.0 Å². The van der Waals surface area contributed by atoms with Gasteiger partial charge in [-0.05, 0) is 67.1 Å². The molecule has 0 radical (unpaired) electrons. The number of nitrogens with one attached hydrogen (secondary N) is 3. The molecule has 2 aromatic heterocycles. The van der Waals surface area contributed by atoms with Crippen LogP contribution in [0.5, 0.6) is 0 Å². The summed E-state index contributed by atoms with van der Waals surface area (Å²) in [5.41, 5.74) is 5.76. The monoisotopic (exact) mass is 524 g/mol. The third kappa shape index (κ3) is 5.06. The van der Waals surface area contributed by atoms with Crippen LogP contribution in [-0.2, 0) is 6.54 Å². The van der Waals surface area contributed by atoms with Crippen molar-refractivity contribution in [2.75, 3.05) is 24.3 Å². The van der Waals surface area contributed by atoms with E-state index < -0.39 is 0 Å². The Morgan fingerprint density at radius 1 is 0.842 bits per heavy atom. The van der Waals surface area contributed by atoms with Crippen LogP contribution in [0.2, 0.25) is 5.02 Å². The third-order valence-electron chi connectivity index (χ3n) is 7.58. The molecule has 1 saturated carbocycles. The smallest absolute Gasteiger partial charge is 0.225 e. The Morgan fingerprint density at radius 2 is 1.53 bits per heavy atom. The van der Waals surface area contributed by atoms with Gasteiger partial charge in [0.2, 0.25) is 5.95 Å². The van der Waals surface area contributed by atoms with Gasteiger partial charge in [-0.15, -0.1) is 0 Å². The molecule has 1 aliphatic rings. The summed E-state index contributed by atoms with van der Waals surface area (Å²) in [7, 11) is 4.06. The molecule has 1 fully saturated rings. The number of anilines is 2. The van der Waals surface area contributed by atoms with Crippen LogP contribution in [-0.4, -0.2) is 41.1 Å². The van der Waals surface area contributed by atoms with Gasteiger partial charge in [0.1, 0.15) is 5.82 Å². The second-order valence-electron chi connectivity index (χ2n) is 10.4. The van der Waals surface area contributed by atoms with Gasteiger partial charge in [-0.2, -0.15) is 4.98 Å². The maximum atomic E-state index is 6.15. The lowest BCUT2D eigenvalue weighted by Gasteiger charge is -2.30. The lowest BCUT2D eigenvalue weighted by atomic mass is 9.91. The summed E-state index contributed by atoms with van der Waals surface area (Å²) in [6, 6.07) is 25.7. The number of para-hydroxylation sites is 2. The van der Waals surface area contributed by atoms with Gasteiger partial charge in [-0.25, -0.2) is 4.98 Å². The molecule has 3 N–H and O–H groups in total. The molecule has 0 saturated heterocycles. The quantitative estimate of drug-likeness (QED) is 0.213. The Balaban J connectivity index is 1.12. The SMILES string of the molecule is CN(C)c1nc(N[C@H]2CC[C@@H](NCc3c(-c4ccc(Cl)cc4)[nH]c4ccccc34)CC2)nc2ccccc12. The summed E-state index contributed by atoms with van der Waals surface area (Å²) in [5, 5.41) is 10.6. The van der Waals surface area contributed by atoms with E-state index in [9.17, 15) is 0 Å². The van der Waals surface area contributed by atoms with E-state index in [1.54, 1.807) is 0 Å². The van der Waals surface area contributed by atoms with Crippen molar-refractivity contribution in [3.63, 3.8) is 0 Å². The van der Waals surface area contributed by atoms with E-state index in [0.717, 1.165) is 76.7 Å². The van der Waals surface area contributed by atoms with E-state index in [-0.39, 0.29) is 0 Å². The fraction of sp³-hybridized carbons (Fsp3) is 0.290. The molecule has 194 valence electrons. The molecule has 2 heterocycles. The van der Waals surface area contributed by atoms with Crippen molar-refractivity contribution in [2.24, 2.45) is 0 Å². The number of aromatic amines is 1. The van der Waals surface area contributed by atoms with Gasteiger partial charge in [0.25, 0.3) is 0 Å². The first-order chi connectivity index (χ1) is 18.5. The summed E-state index contributed by atoms with van der Waals surface area (Å²) >= 11 is 6.15. The molecule has 6 nitrogen and oxygen atoms in total. The molecule has 0 amide bonds. The number of H-pyrrole nitrogens is 1. The van der Waals surface area contributed by atoms with E-state index in [1.807, 2.05) is 38.4 Å². The van der Waals surface area contributed by atoms with Crippen LogP contribution in [0.15, 0.2) is 72.8 Å². The van der Waals surface area contributed by atoms with Crippen LogP contribution in [0.4, 0.5) is 11.8 Å². The normalized spacial score (nSPS) is 17.7. The highest BCUT2D eigenvalue weighted by atomic mass is 35.5. The Labute approximate surface area is 228 Å². The van der Waals surface area contributed by atoms with Crippen molar-refractivity contribution >= 4 is 45.2 Å². The molecule has 0 aliphatic heterocycles. The minimum atomic E-state index is 0.377. The largest absolute Gasteiger partial charge is 0.362 e. The first kappa shape index (κ1) is 24.7. The molecule has 1 aliphatic carbocycles. The Kier molecular flexibility index (Phi) is 6.92. The van der Waals surface area contributed by atoms with Gasteiger partial charge in [0.05, 0.1) is 11.2 Å². The molecule has 0 spiro atoms. The standard InChI is InChI=1S/C31H33ClN6/c1-38(2)30-25-8-4-6-10-28(25)36-31(37-30)34-23-17-15-22(16-18-23)33-19-26-24-7-3-5-9-27(24)35-29(26)20-11-13-21(32)14-12-20/h3-14,22-23,33,35H,15-19H2,1-2H3,(H,34,36,37)/t22-,23+. The molecule has 6 rings (SSSR count). The van der Waals surface area contributed by atoms with Gasteiger partial charge in [-0.1, -0.05) is 54.1 Å². The number of fused-ring (bicyclic) bond motifs is 2. The second kappa shape index (κ2) is 10.6. The fourth-order valence-electron chi connectivity index (χ4n) is 5.58. The highest BCUT2D eigenvalue weighted by molar-refractivity contribution is 6.30. The number of hydrogen-bond acceptors (Lipinski definition) is 5. The van der Waals surface area contributed by atoms with Crippen molar-refractivity contribution in [1.29, 1.82) is 0 Å². The maximum Gasteiger partial charge on any atom is 0.225 e. The predicted octanol–water partition coefficient (Wildman–Crippen LogP) is 7.01. The summed E-state index contributed by atoms with van der Waals surface area (Å²) in [4.78, 5) is 15.3. The Bertz CT molecular complexity index is 1550. The predicted molar refractivity (Wildman–Crippen MR) is 159 cm³/mol. The maximum absolute atomic E-state index is 6.15. The highest BCUT2D eigenvalue weighted by Crippen LogP contribution is 2.32. The zero-order valence-electron chi connectivity index (χ0n) is 21.8. The van der Waals surface area contributed by atoms with Crippen LogP contribution in [0, 0.1) is 0 Å². The molecule has 7 heteroatoms. The summed E-state index contributed by atoms with van der Waals surface area (Å²) < 4.78 is 0. The zero-order valence-corrected chi connectivity index (χ0v) is 22.6. The van der Waals surface area contributed by atoms with Gasteiger partial charge in [0.15, 0.2) is 0 Å². The zero-order chi connectivity index (χ0) is 26.1. The minimum absolute atomic E-state index is 0.377. The van der Waals surface area contributed by atoms with Crippen LogP contribution < -0.4 is 15.5 Å². The fourth-order valence-corrected chi connectivity index (χ4v) is 5.71. The van der Waals surface area contributed by atoms with E-state index in [4.69, 9.17) is 21.6 Å². The van der Waals surface area contributed by atoms with E-state index >= 15 is 0 Å². The van der Waals surface area contributed by atoms with Crippen LogP contribution in [0.25, 0.3) is 33.1 Å². The van der Waals surface area contributed by atoms with Crippen LogP contribution in [0.3, 0.4) is 0 Å². The highest BCUT2D eigenvalue weighted by Gasteiger charge is 2.23. The van der Waals surface area contributed by atoms with Gasteiger partial charge in [-0.3, -0.25) is 0 Å². The number of halogens is 1. The topological polar surface area (TPSA) is 68.9 Å². The molecule has 0 atom stereocenters. The Morgan fingerprint density at radius 3 is 2.29 bits per heavy atom. The molecular formula is C31H33ClN6. The summed E-state index contributed by atoms with van der Waals surface area (Å²) in [6.07, 6.45) is 4.40. The van der Waals surface area contributed by atoms with Crippen molar-refractivity contribution in [1.82, 2.24) is 20.3 Å². The number of nitrogens with zero attached hydrogens (tertiary/aromatic N) is 3. The summed E-state index contributed by atoms with van der Waals surface area (Å²) in [6.45, 7) is 0.824. The van der Waals surface area contributed by atoms with Crippen molar-refractivity contribution in [3.05, 3.63) is 83.4 Å². The number of hydrogen-bond donors (Lipinski definition) is 3. The van der Waals surface area contributed by atoms with Gasteiger partial charge in [0, 0.05) is 54.0 Å². The lowest BCUT2D eigenvalue weighted by molar-refractivity contribution is 0.352. The molecule has 0 bridgehead atoms. The first-order valence-corrected chi connectivity index (χ1v) is 13.7. The second-order valence-corrected chi connectivity index (χ2v) is 10.8. The van der Waals surface area contributed by atoms with Crippen LogP contribution >= 0.6 is 11.6 Å². The average Bonchev–Trinajstić information content (AvgIpc) is 3.31. The number of aromatic nitrogens is 3.